The van der Waals surface area contributed by atoms with Crippen LogP contribution in [-0.2, 0) is 10.0 Å². The molecule has 2 aliphatic heterocycles. The van der Waals surface area contributed by atoms with E-state index in [0.717, 1.165) is 55.6 Å². The van der Waals surface area contributed by atoms with Gasteiger partial charge < -0.3 is 9.88 Å². The van der Waals surface area contributed by atoms with E-state index in [1.807, 2.05) is 28.8 Å². The second-order valence-electron chi connectivity index (χ2n) is 8.00. The number of imidazole rings is 1. The van der Waals surface area contributed by atoms with Crippen molar-refractivity contribution in [1.82, 2.24) is 18.8 Å². The molecule has 0 unspecified atom stereocenters. The van der Waals surface area contributed by atoms with E-state index in [-0.39, 0.29) is 16.6 Å². The van der Waals surface area contributed by atoms with Gasteiger partial charge in [-0.3, -0.25) is 4.57 Å². The number of H-pyrrole nitrogens is 1. The Morgan fingerprint density at radius 1 is 0.967 bits per heavy atom. The fourth-order valence-corrected chi connectivity index (χ4v) is 6.04. The van der Waals surface area contributed by atoms with Crippen LogP contribution >= 0.6 is 0 Å². The van der Waals surface area contributed by atoms with Crippen LogP contribution in [0.5, 0.6) is 0 Å². The van der Waals surface area contributed by atoms with Crippen molar-refractivity contribution in [3.05, 3.63) is 53.1 Å². The number of fused-ring (bicyclic) bond motifs is 1. The first-order chi connectivity index (χ1) is 14.5. The van der Waals surface area contributed by atoms with Crippen LogP contribution in [0, 0.1) is 0 Å². The normalized spacial score (nSPS) is 19.0. The highest BCUT2D eigenvalue weighted by Gasteiger charge is 2.28. The standard InChI is InChI=1S/C21H25N5O3S/c27-21-23-18-5-1-2-6-19(18)26(21)16-9-13-24(14-10-16)20-8-7-17(15-22-20)30(28,29)25-11-3-4-12-25/h1-2,5-8,15-16H,3-4,9-14H2,(H,23,27). The highest BCUT2D eigenvalue weighted by atomic mass is 32.2. The fraction of sp³-hybridized carbons (Fsp3) is 0.429. The molecule has 2 fully saturated rings. The number of pyridine rings is 1. The van der Waals surface area contributed by atoms with Gasteiger partial charge in [0.25, 0.3) is 0 Å². The van der Waals surface area contributed by atoms with Crippen LogP contribution < -0.4 is 10.6 Å². The van der Waals surface area contributed by atoms with E-state index in [2.05, 4.69) is 14.9 Å². The topological polar surface area (TPSA) is 91.3 Å². The average molecular weight is 428 g/mol. The van der Waals surface area contributed by atoms with Crippen LogP contribution in [0.2, 0.25) is 0 Å². The summed E-state index contributed by atoms with van der Waals surface area (Å²) < 4.78 is 28.7. The van der Waals surface area contributed by atoms with Crippen LogP contribution in [0.4, 0.5) is 5.82 Å². The van der Waals surface area contributed by atoms with E-state index >= 15 is 0 Å². The predicted molar refractivity (Wildman–Crippen MR) is 115 cm³/mol. The molecule has 0 amide bonds. The molecular weight excluding hydrogens is 402 g/mol. The minimum Gasteiger partial charge on any atom is -0.356 e. The molecular formula is C21H25N5O3S. The Morgan fingerprint density at radius 2 is 1.70 bits per heavy atom. The molecule has 0 radical (unpaired) electrons. The summed E-state index contributed by atoms with van der Waals surface area (Å²) in [4.78, 5) is 22.2. The van der Waals surface area contributed by atoms with Gasteiger partial charge in [0.05, 0.1) is 11.0 Å². The van der Waals surface area contributed by atoms with Gasteiger partial charge in [-0.1, -0.05) is 12.1 Å². The molecule has 30 heavy (non-hydrogen) atoms. The molecule has 2 aliphatic rings. The number of piperidine rings is 1. The van der Waals surface area contributed by atoms with Gasteiger partial charge in [0.15, 0.2) is 0 Å². The monoisotopic (exact) mass is 427 g/mol. The third kappa shape index (κ3) is 3.31. The minimum atomic E-state index is -3.44. The van der Waals surface area contributed by atoms with E-state index in [4.69, 9.17) is 0 Å². The molecule has 9 heteroatoms. The zero-order valence-corrected chi connectivity index (χ0v) is 17.5. The zero-order valence-electron chi connectivity index (χ0n) is 16.7. The summed E-state index contributed by atoms with van der Waals surface area (Å²) in [6, 6.07) is 11.4. The molecule has 0 aliphatic carbocycles. The number of rotatable bonds is 4. The highest BCUT2D eigenvalue weighted by molar-refractivity contribution is 7.89. The van der Waals surface area contributed by atoms with Gasteiger partial charge >= 0.3 is 5.69 Å². The van der Waals surface area contributed by atoms with Gasteiger partial charge in [0.1, 0.15) is 10.7 Å². The lowest BCUT2D eigenvalue weighted by atomic mass is 10.0. The highest BCUT2D eigenvalue weighted by Crippen LogP contribution is 2.28. The number of anilines is 1. The Kier molecular flexibility index (Phi) is 4.86. The third-order valence-corrected chi connectivity index (χ3v) is 8.08. The first-order valence-electron chi connectivity index (χ1n) is 10.4. The van der Waals surface area contributed by atoms with Crippen LogP contribution in [-0.4, -0.2) is 53.4 Å². The third-order valence-electron chi connectivity index (χ3n) is 6.20. The number of benzene rings is 1. The van der Waals surface area contributed by atoms with Crippen LogP contribution in [0.1, 0.15) is 31.7 Å². The summed E-state index contributed by atoms with van der Waals surface area (Å²) in [5, 5.41) is 0. The lowest BCUT2D eigenvalue weighted by Crippen LogP contribution is -2.37. The van der Waals surface area contributed by atoms with Crippen molar-refractivity contribution >= 4 is 26.9 Å². The number of hydrogen-bond donors (Lipinski definition) is 1. The Hall–Kier alpha value is -2.65. The first-order valence-corrected chi connectivity index (χ1v) is 11.9. The van der Waals surface area contributed by atoms with Crippen LogP contribution in [0.3, 0.4) is 0 Å². The number of nitrogens with one attached hydrogen (secondary N) is 1. The van der Waals surface area contributed by atoms with Gasteiger partial charge in [0, 0.05) is 38.4 Å². The van der Waals surface area contributed by atoms with Crippen molar-refractivity contribution < 1.29 is 8.42 Å². The van der Waals surface area contributed by atoms with Gasteiger partial charge in [-0.25, -0.2) is 18.2 Å². The molecule has 0 spiro atoms. The maximum Gasteiger partial charge on any atom is 0.326 e. The number of para-hydroxylation sites is 2. The number of aromatic nitrogens is 3. The van der Waals surface area contributed by atoms with Crippen molar-refractivity contribution in [3.8, 4) is 0 Å². The van der Waals surface area contributed by atoms with E-state index in [9.17, 15) is 13.2 Å². The molecule has 2 aromatic heterocycles. The second-order valence-corrected chi connectivity index (χ2v) is 9.94. The molecule has 8 nitrogen and oxygen atoms in total. The van der Waals surface area contributed by atoms with Gasteiger partial charge in [0.2, 0.25) is 10.0 Å². The van der Waals surface area contributed by atoms with Crippen LogP contribution in [0.15, 0.2) is 52.3 Å². The SMILES string of the molecule is O=c1[nH]c2ccccc2n1C1CCN(c2ccc(S(=O)(=O)N3CCCC3)cn2)CC1. The van der Waals surface area contributed by atoms with Crippen LogP contribution in [0.25, 0.3) is 11.0 Å². The zero-order chi connectivity index (χ0) is 20.7. The van der Waals surface area contributed by atoms with E-state index in [0.29, 0.717) is 13.1 Å². The maximum absolute atomic E-state index is 12.7. The first kappa shape index (κ1) is 19.3. The average Bonchev–Trinajstić information content (AvgIpc) is 3.42. The van der Waals surface area contributed by atoms with Gasteiger partial charge in [-0.15, -0.1) is 0 Å². The summed E-state index contributed by atoms with van der Waals surface area (Å²) in [7, 11) is -3.44. The number of aromatic amines is 1. The largest absolute Gasteiger partial charge is 0.356 e. The van der Waals surface area contributed by atoms with Gasteiger partial charge in [-0.2, -0.15) is 4.31 Å². The molecule has 0 bridgehead atoms. The summed E-state index contributed by atoms with van der Waals surface area (Å²) >= 11 is 0. The van der Waals surface area contributed by atoms with E-state index < -0.39 is 10.0 Å². The second kappa shape index (κ2) is 7.55. The predicted octanol–water partition coefficient (Wildman–Crippen LogP) is 2.35. The number of sulfonamides is 1. The van der Waals surface area contributed by atoms with Gasteiger partial charge in [-0.05, 0) is 49.9 Å². The molecule has 2 saturated heterocycles. The Bertz CT molecular complexity index is 1200. The number of hydrogen-bond acceptors (Lipinski definition) is 5. The van der Waals surface area contributed by atoms with Crippen molar-refractivity contribution in [1.29, 1.82) is 0 Å². The molecule has 1 aromatic carbocycles. The summed E-state index contributed by atoms with van der Waals surface area (Å²) in [5.41, 5.74) is 1.74. The van der Waals surface area contributed by atoms with Crippen molar-refractivity contribution in [2.75, 3.05) is 31.1 Å². The molecule has 158 valence electrons. The Labute approximate surface area is 175 Å². The summed E-state index contributed by atoms with van der Waals surface area (Å²) in [6.45, 7) is 2.71. The summed E-state index contributed by atoms with van der Waals surface area (Å²) in [6.07, 6.45) is 4.96. The van der Waals surface area contributed by atoms with E-state index in [1.165, 1.54) is 10.5 Å². The molecule has 0 saturated carbocycles. The molecule has 0 atom stereocenters. The Balaban J connectivity index is 1.30. The lowest BCUT2D eigenvalue weighted by Gasteiger charge is -2.33. The Morgan fingerprint density at radius 3 is 2.40 bits per heavy atom. The molecule has 1 N–H and O–H groups in total. The maximum atomic E-state index is 12.7. The molecule has 3 aromatic rings. The molecule has 5 rings (SSSR count). The van der Waals surface area contributed by atoms with Crippen molar-refractivity contribution in [2.45, 2.75) is 36.6 Å². The summed E-state index contributed by atoms with van der Waals surface area (Å²) in [5.74, 6) is 0.778. The minimum absolute atomic E-state index is 0.0655. The fourth-order valence-electron chi connectivity index (χ4n) is 4.58. The van der Waals surface area contributed by atoms with Crippen molar-refractivity contribution in [2.24, 2.45) is 0 Å². The lowest BCUT2D eigenvalue weighted by molar-refractivity contribution is 0.395. The van der Waals surface area contributed by atoms with E-state index in [1.54, 1.807) is 12.1 Å². The quantitative estimate of drug-likeness (QED) is 0.690. The van der Waals surface area contributed by atoms with Crippen molar-refractivity contribution in [3.63, 3.8) is 0 Å². The molecule has 4 heterocycles. The smallest absolute Gasteiger partial charge is 0.326 e. The number of nitrogens with zero attached hydrogens (tertiary/aromatic N) is 4.